The fourth-order valence-electron chi connectivity index (χ4n) is 3.87. The quantitative estimate of drug-likeness (QED) is 0.770. The molecule has 4 rings (SSSR count). The van der Waals surface area contributed by atoms with Crippen LogP contribution in [0.3, 0.4) is 0 Å². The first-order chi connectivity index (χ1) is 11.6. The Morgan fingerprint density at radius 1 is 1.04 bits per heavy atom. The predicted octanol–water partition coefficient (Wildman–Crippen LogP) is 2.16. The van der Waals surface area contributed by atoms with Gasteiger partial charge in [0.1, 0.15) is 32.2 Å². The molecule has 0 bridgehead atoms. The molecule has 2 aliphatic rings. The minimum atomic E-state index is 0.457. The average molecular weight is 381 g/mol. The van der Waals surface area contributed by atoms with Gasteiger partial charge in [0.05, 0.1) is 12.1 Å². The summed E-state index contributed by atoms with van der Waals surface area (Å²) in [6, 6.07) is 13.1. The van der Waals surface area contributed by atoms with Gasteiger partial charge in [0.25, 0.3) is 0 Å². The summed E-state index contributed by atoms with van der Waals surface area (Å²) in [5, 5.41) is 1.69. The van der Waals surface area contributed by atoms with Gasteiger partial charge in [0, 0.05) is 26.8 Å². The number of nitrogens with one attached hydrogen (secondary N) is 2. The van der Waals surface area contributed by atoms with Crippen LogP contribution in [0.25, 0.3) is 0 Å². The highest BCUT2D eigenvalue weighted by Gasteiger charge is 2.34. The Balaban J connectivity index is 1.78. The molecule has 2 aromatic rings. The Bertz CT molecular complexity index is 757. The lowest BCUT2D eigenvalue weighted by Gasteiger charge is -2.33. The van der Waals surface area contributed by atoms with Crippen LogP contribution in [-0.4, -0.2) is 33.2 Å². The molecular weight excluding hydrogens is 359 g/mol. The Morgan fingerprint density at radius 2 is 1.83 bits per heavy atom. The van der Waals surface area contributed by atoms with Crippen LogP contribution in [0.5, 0.6) is 0 Å². The van der Waals surface area contributed by atoms with E-state index in [4.69, 9.17) is 23.2 Å². The molecule has 0 unspecified atom stereocenters. The van der Waals surface area contributed by atoms with E-state index in [0.717, 1.165) is 16.5 Å². The van der Waals surface area contributed by atoms with E-state index in [1.807, 2.05) is 12.1 Å². The molecule has 0 amide bonds. The highest BCUT2D eigenvalue weighted by molar-refractivity contribution is 7.99. The Hall–Kier alpha value is -0.710. The first-order valence-corrected chi connectivity index (χ1v) is 10.1. The number of rotatable bonds is 1. The van der Waals surface area contributed by atoms with Crippen molar-refractivity contribution < 1.29 is 9.80 Å². The third kappa shape index (κ3) is 3.21. The van der Waals surface area contributed by atoms with Gasteiger partial charge in [-0.05, 0) is 29.8 Å². The van der Waals surface area contributed by atoms with Gasteiger partial charge in [0.15, 0.2) is 0 Å². The smallest absolute Gasteiger partial charge is 0.127 e. The fourth-order valence-corrected chi connectivity index (χ4v) is 5.48. The van der Waals surface area contributed by atoms with Gasteiger partial charge in [-0.25, -0.2) is 0 Å². The van der Waals surface area contributed by atoms with Crippen molar-refractivity contribution >= 4 is 35.0 Å². The van der Waals surface area contributed by atoms with Gasteiger partial charge in [-0.15, -0.1) is 0 Å². The first kappa shape index (κ1) is 16.7. The SMILES string of the molecule is C[NH+]1CC[NH+]([C@@H]2Cc3cc(Cl)ccc3Sc3c(Cl)cccc32)CC1. The maximum Gasteiger partial charge on any atom is 0.127 e. The molecular formula is C19H22Cl2N2S+2. The van der Waals surface area contributed by atoms with Crippen LogP contribution in [0.15, 0.2) is 46.2 Å². The minimum Gasteiger partial charge on any atom is -0.328 e. The van der Waals surface area contributed by atoms with E-state index in [-0.39, 0.29) is 0 Å². The highest BCUT2D eigenvalue weighted by Crippen LogP contribution is 2.43. The summed E-state index contributed by atoms with van der Waals surface area (Å²) in [4.78, 5) is 5.83. The molecule has 0 aliphatic carbocycles. The normalized spacial score (nSPS) is 26.4. The molecule has 5 heteroatoms. The lowest BCUT2D eigenvalue weighted by atomic mass is 9.96. The van der Waals surface area contributed by atoms with Crippen LogP contribution >= 0.6 is 35.0 Å². The Labute approximate surface area is 157 Å². The largest absolute Gasteiger partial charge is 0.328 e. The number of piperazine rings is 1. The van der Waals surface area contributed by atoms with Gasteiger partial charge >= 0.3 is 0 Å². The molecule has 1 saturated heterocycles. The summed E-state index contributed by atoms with van der Waals surface area (Å²) in [6.45, 7) is 4.89. The third-order valence-electron chi connectivity index (χ3n) is 5.27. The molecule has 2 aromatic carbocycles. The number of hydrogen-bond donors (Lipinski definition) is 2. The Morgan fingerprint density at radius 3 is 2.62 bits per heavy atom. The third-order valence-corrected chi connectivity index (χ3v) is 7.21. The number of likely N-dealkylation sites (N-methyl/N-ethyl adjacent to an activating group) is 1. The highest BCUT2D eigenvalue weighted by atomic mass is 35.5. The molecule has 2 aliphatic heterocycles. The molecule has 2 nitrogen and oxygen atoms in total. The monoisotopic (exact) mass is 380 g/mol. The van der Waals surface area contributed by atoms with Gasteiger partial charge in [-0.3, -0.25) is 0 Å². The van der Waals surface area contributed by atoms with Crippen molar-refractivity contribution in [3.8, 4) is 0 Å². The van der Waals surface area contributed by atoms with Crippen molar-refractivity contribution in [3.63, 3.8) is 0 Å². The summed E-state index contributed by atoms with van der Waals surface area (Å²) in [5.74, 6) is 0. The molecule has 0 saturated carbocycles. The van der Waals surface area contributed by atoms with Gasteiger partial charge < -0.3 is 9.80 Å². The van der Waals surface area contributed by atoms with Crippen molar-refractivity contribution in [1.29, 1.82) is 0 Å². The second kappa shape index (κ2) is 6.89. The molecule has 1 fully saturated rings. The molecule has 24 heavy (non-hydrogen) atoms. The molecule has 0 spiro atoms. The van der Waals surface area contributed by atoms with Gasteiger partial charge in [-0.2, -0.15) is 0 Å². The zero-order valence-electron chi connectivity index (χ0n) is 13.7. The zero-order valence-corrected chi connectivity index (χ0v) is 16.1. The predicted molar refractivity (Wildman–Crippen MR) is 101 cm³/mol. The van der Waals surface area contributed by atoms with Crippen LogP contribution in [0, 0.1) is 0 Å². The maximum absolute atomic E-state index is 6.58. The van der Waals surface area contributed by atoms with E-state index in [1.165, 1.54) is 47.1 Å². The van der Waals surface area contributed by atoms with Crippen molar-refractivity contribution in [3.05, 3.63) is 57.6 Å². The zero-order chi connectivity index (χ0) is 16.7. The van der Waals surface area contributed by atoms with Crippen molar-refractivity contribution in [2.24, 2.45) is 0 Å². The maximum atomic E-state index is 6.58. The summed E-state index contributed by atoms with van der Waals surface area (Å²) >= 11 is 14.7. The number of hydrogen-bond acceptors (Lipinski definition) is 1. The molecule has 0 radical (unpaired) electrons. The van der Waals surface area contributed by atoms with E-state index in [9.17, 15) is 0 Å². The minimum absolute atomic E-state index is 0.457. The molecule has 1 atom stereocenters. The van der Waals surface area contributed by atoms with E-state index < -0.39 is 0 Å². The van der Waals surface area contributed by atoms with Crippen LogP contribution < -0.4 is 9.80 Å². The fraction of sp³-hybridized carbons (Fsp3) is 0.368. The standard InChI is InChI=1S/C19H20Cl2N2S/c1-22-7-9-23(10-8-22)17-12-13-11-14(20)5-6-18(13)24-19-15(17)3-2-4-16(19)21/h2-6,11,17H,7-10,12H2,1H3/p+2/t17-/m1/s1. The number of halogens is 2. The van der Waals surface area contributed by atoms with E-state index in [0.29, 0.717) is 6.04 Å². The van der Waals surface area contributed by atoms with Crippen molar-refractivity contribution in [1.82, 2.24) is 0 Å². The van der Waals surface area contributed by atoms with Crippen molar-refractivity contribution in [2.45, 2.75) is 22.3 Å². The Kier molecular flexibility index (Phi) is 4.81. The van der Waals surface area contributed by atoms with Crippen molar-refractivity contribution in [2.75, 3.05) is 33.2 Å². The van der Waals surface area contributed by atoms with Gasteiger partial charge in [0.2, 0.25) is 0 Å². The number of benzene rings is 2. The van der Waals surface area contributed by atoms with E-state index in [1.54, 1.807) is 21.6 Å². The summed E-state index contributed by atoms with van der Waals surface area (Å²) < 4.78 is 0. The second-order valence-electron chi connectivity index (χ2n) is 6.88. The lowest BCUT2D eigenvalue weighted by molar-refractivity contribution is -1.02. The van der Waals surface area contributed by atoms with Crippen LogP contribution in [0.4, 0.5) is 0 Å². The van der Waals surface area contributed by atoms with Gasteiger partial charge in [-0.1, -0.05) is 47.1 Å². The van der Waals surface area contributed by atoms with Crippen LogP contribution in [0.2, 0.25) is 10.0 Å². The lowest BCUT2D eigenvalue weighted by Crippen LogP contribution is -3.27. The summed E-state index contributed by atoms with van der Waals surface area (Å²) in [6.07, 6.45) is 1.03. The average Bonchev–Trinajstić information content (AvgIpc) is 2.73. The summed E-state index contributed by atoms with van der Waals surface area (Å²) in [5.41, 5.74) is 2.75. The van der Waals surface area contributed by atoms with Crippen LogP contribution in [0.1, 0.15) is 17.2 Å². The van der Waals surface area contributed by atoms with Crippen LogP contribution in [-0.2, 0) is 6.42 Å². The molecule has 126 valence electrons. The molecule has 2 heterocycles. The molecule has 2 N–H and O–H groups in total. The summed E-state index contributed by atoms with van der Waals surface area (Å²) in [7, 11) is 2.29. The molecule has 0 aromatic heterocycles. The number of fused-ring (bicyclic) bond motifs is 2. The van der Waals surface area contributed by atoms with E-state index in [2.05, 4.69) is 31.3 Å². The topological polar surface area (TPSA) is 8.88 Å². The number of quaternary nitrogens is 2. The second-order valence-corrected chi connectivity index (χ2v) is 8.78. The van der Waals surface area contributed by atoms with E-state index >= 15 is 0 Å². The first-order valence-electron chi connectivity index (χ1n) is 8.52.